The first-order valence-electron chi connectivity index (χ1n) is 31.8. The number of aliphatic hydroxyl groups excluding tert-OH is 1. The lowest BCUT2D eigenvalue weighted by Gasteiger charge is -2.15. The van der Waals surface area contributed by atoms with Crippen LogP contribution in [0, 0.1) is 0 Å². The first-order valence-corrected chi connectivity index (χ1v) is 31.8. The van der Waals surface area contributed by atoms with Gasteiger partial charge in [0, 0.05) is 12.8 Å². The SMILES string of the molecule is CC/C=C\C/C=C\C/C=C\C/C=C\C/C=C\CCCCCCCCCCCCCCCCCC(=O)OC(CO)COC(=O)CCCCCCCCCCCCCCCCCCCCCCCCCCCCC. The number of aliphatic hydroxyl groups is 1. The Balaban J connectivity index is 3.43. The third kappa shape index (κ3) is 60.2. The summed E-state index contributed by atoms with van der Waals surface area (Å²) in [6.45, 7) is 4.08. The Morgan fingerprint density at radius 1 is 0.333 bits per heavy atom. The molecule has 5 heteroatoms. The van der Waals surface area contributed by atoms with Crippen molar-refractivity contribution in [3.63, 3.8) is 0 Å². The molecule has 0 radical (unpaired) electrons. The van der Waals surface area contributed by atoms with Gasteiger partial charge >= 0.3 is 11.9 Å². The summed E-state index contributed by atoms with van der Waals surface area (Å²) < 4.78 is 10.7. The molecule has 0 bridgehead atoms. The molecular formula is C67H122O5. The maximum atomic E-state index is 12.3. The number of rotatable bonds is 59. The van der Waals surface area contributed by atoms with Crippen molar-refractivity contribution < 1.29 is 24.2 Å². The molecule has 1 unspecified atom stereocenters. The zero-order valence-electron chi connectivity index (χ0n) is 48.2. The van der Waals surface area contributed by atoms with Gasteiger partial charge in [0.2, 0.25) is 0 Å². The summed E-state index contributed by atoms with van der Waals surface area (Å²) in [6.07, 6.45) is 85.1. The van der Waals surface area contributed by atoms with Crippen LogP contribution in [0.25, 0.3) is 0 Å². The molecule has 72 heavy (non-hydrogen) atoms. The first kappa shape index (κ1) is 69.6. The van der Waals surface area contributed by atoms with Crippen molar-refractivity contribution in [3.8, 4) is 0 Å². The van der Waals surface area contributed by atoms with Gasteiger partial charge in [0.05, 0.1) is 6.61 Å². The van der Waals surface area contributed by atoms with Gasteiger partial charge in [-0.15, -0.1) is 0 Å². The number of hydrogen-bond acceptors (Lipinski definition) is 5. The van der Waals surface area contributed by atoms with Crippen LogP contribution in [0.5, 0.6) is 0 Å². The summed E-state index contributed by atoms with van der Waals surface area (Å²) in [4.78, 5) is 24.6. The van der Waals surface area contributed by atoms with Crippen LogP contribution in [0.15, 0.2) is 60.8 Å². The smallest absolute Gasteiger partial charge is 0.306 e. The van der Waals surface area contributed by atoms with Crippen molar-refractivity contribution in [1.82, 2.24) is 0 Å². The van der Waals surface area contributed by atoms with E-state index in [1.807, 2.05) is 0 Å². The minimum atomic E-state index is -0.772. The molecular weight excluding hydrogens is 885 g/mol. The number of esters is 2. The molecule has 1 atom stereocenters. The topological polar surface area (TPSA) is 72.8 Å². The highest BCUT2D eigenvalue weighted by atomic mass is 16.6. The molecule has 0 saturated heterocycles. The molecule has 0 aliphatic rings. The number of carbonyl (C=O) groups is 2. The van der Waals surface area contributed by atoms with Crippen molar-refractivity contribution in [2.24, 2.45) is 0 Å². The van der Waals surface area contributed by atoms with E-state index in [1.54, 1.807) is 0 Å². The van der Waals surface area contributed by atoms with Crippen LogP contribution in [0.4, 0.5) is 0 Å². The number of hydrogen-bond donors (Lipinski definition) is 1. The Morgan fingerprint density at radius 3 is 0.903 bits per heavy atom. The lowest BCUT2D eigenvalue weighted by Crippen LogP contribution is -2.28. The van der Waals surface area contributed by atoms with Gasteiger partial charge in [0.15, 0.2) is 6.10 Å². The summed E-state index contributed by atoms with van der Waals surface area (Å²) in [7, 11) is 0. The second-order valence-electron chi connectivity index (χ2n) is 21.5. The summed E-state index contributed by atoms with van der Waals surface area (Å²) in [5, 5.41) is 9.68. The lowest BCUT2D eigenvalue weighted by atomic mass is 10.0. The van der Waals surface area contributed by atoms with Gasteiger partial charge in [-0.1, -0.05) is 325 Å². The van der Waals surface area contributed by atoms with Gasteiger partial charge in [-0.2, -0.15) is 0 Å². The minimum absolute atomic E-state index is 0.0619. The predicted octanol–water partition coefficient (Wildman–Crippen LogP) is 21.8. The van der Waals surface area contributed by atoms with E-state index in [9.17, 15) is 14.7 Å². The van der Waals surface area contributed by atoms with Gasteiger partial charge in [-0.05, 0) is 57.8 Å². The van der Waals surface area contributed by atoms with Crippen molar-refractivity contribution in [2.45, 2.75) is 341 Å². The molecule has 0 spiro atoms. The summed E-state index contributed by atoms with van der Waals surface area (Å²) in [5.74, 6) is -0.573. The van der Waals surface area contributed by atoms with Gasteiger partial charge in [0.1, 0.15) is 6.61 Å². The van der Waals surface area contributed by atoms with Gasteiger partial charge in [0.25, 0.3) is 0 Å². The quantitative estimate of drug-likeness (QED) is 0.0373. The molecule has 0 aliphatic carbocycles. The fourth-order valence-electron chi connectivity index (χ4n) is 9.59. The predicted molar refractivity (Wildman–Crippen MR) is 316 cm³/mol. The fourth-order valence-corrected chi connectivity index (χ4v) is 9.59. The van der Waals surface area contributed by atoms with Crippen molar-refractivity contribution >= 4 is 11.9 Å². The molecule has 1 N–H and O–H groups in total. The normalized spacial score (nSPS) is 12.5. The van der Waals surface area contributed by atoms with Crippen LogP contribution < -0.4 is 0 Å². The van der Waals surface area contributed by atoms with E-state index < -0.39 is 6.10 Å². The number of allylic oxidation sites excluding steroid dienone is 10. The van der Waals surface area contributed by atoms with E-state index in [4.69, 9.17) is 9.47 Å². The van der Waals surface area contributed by atoms with E-state index >= 15 is 0 Å². The Hall–Kier alpha value is -2.40. The lowest BCUT2D eigenvalue weighted by molar-refractivity contribution is -0.161. The standard InChI is InChI=1S/C67H122O5/c1-3-5-7-9-11-13-15-17-19-21-23-25-27-29-31-32-33-34-36-38-40-42-44-46-48-50-52-54-56-58-60-62-67(70)72-65(63-68)64-71-66(69)61-59-57-55-53-51-49-47-45-43-41-39-37-35-30-28-26-24-22-20-18-16-14-12-10-8-6-4-2/h5,7,11,13,17,19,23,25,29,31,65,68H,3-4,6,8-10,12,14-16,18,20-22,24,26-28,30,32-64H2,1-2H3/b7-5-,13-11-,19-17-,25-23-,31-29-. The van der Waals surface area contributed by atoms with Crippen molar-refractivity contribution in [1.29, 1.82) is 0 Å². The monoisotopic (exact) mass is 1010 g/mol. The molecule has 0 aliphatic heterocycles. The molecule has 5 nitrogen and oxygen atoms in total. The zero-order chi connectivity index (χ0) is 52.0. The molecule has 0 fully saturated rings. The van der Waals surface area contributed by atoms with E-state index in [1.165, 1.54) is 244 Å². The number of unbranched alkanes of at least 4 members (excludes halogenated alkanes) is 41. The Bertz CT molecular complexity index is 1230. The second kappa shape index (κ2) is 62.9. The molecule has 0 heterocycles. The van der Waals surface area contributed by atoms with Crippen molar-refractivity contribution in [2.75, 3.05) is 13.2 Å². The van der Waals surface area contributed by atoms with Gasteiger partial charge in [-0.3, -0.25) is 9.59 Å². The van der Waals surface area contributed by atoms with E-state index in [-0.39, 0.29) is 25.2 Å². The first-order chi connectivity index (χ1) is 35.6. The maximum Gasteiger partial charge on any atom is 0.306 e. The molecule has 0 aromatic carbocycles. The summed E-state index contributed by atoms with van der Waals surface area (Å²) in [6, 6.07) is 0. The highest BCUT2D eigenvalue weighted by Crippen LogP contribution is 2.18. The van der Waals surface area contributed by atoms with Crippen LogP contribution in [0.1, 0.15) is 335 Å². The third-order valence-corrected chi connectivity index (χ3v) is 14.3. The van der Waals surface area contributed by atoms with Crippen LogP contribution in [-0.4, -0.2) is 36.4 Å². The van der Waals surface area contributed by atoms with Crippen LogP contribution in [-0.2, 0) is 19.1 Å². The van der Waals surface area contributed by atoms with Crippen LogP contribution >= 0.6 is 0 Å². The summed E-state index contributed by atoms with van der Waals surface area (Å²) in [5.41, 5.74) is 0. The Kier molecular flexibility index (Phi) is 60.8. The van der Waals surface area contributed by atoms with Gasteiger partial charge in [-0.25, -0.2) is 0 Å². The molecule has 0 rings (SSSR count). The largest absolute Gasteiger partial charge is 0.462 e. The van der Waals surface area contributed by atoms with E-state index in [0.29, 0.717) is 12.8 Å². The Morgan fingerprint density at radius 2 is 0.597 bits per heavy atom. The second-order valence-corrected chi connectivity index (χ2v) is 21.5. The summed E-state index contributed by atoms with van der Waals surface area (Å²) >= 11 is 0. The Labute approximate surface area is 449 Å². The number of ether oxygens (including phenoxy) is 2. The van der Waals surface area contributed by atoms with Gasteiger partial charge < -0.3 is 14.6 Å². The highest BCUT2D eigenvalue weighted by Gasteiger charge is 2.16. The molecule has 0 aromatic heterocycles. The number of carbonyl (C=O) groups excluding carboxylic acids is 2. The molecule has 0 aromatic rings. The van der Waals surface area contributed by atoms with E-state index in [2.05, 4.69) is 74.6 Å². The average molecular weight is 1010 g/mol. The minimum Gasteiger partial charge on any atom is -0.462 e. The van der Waals surface area contributed by atoms with Crippen LogP contribution in [0.3, 0.4) is 0 Å². The van der Waals surface area contributed by atoms with E-state index in [0.717, 1.165) is 64.2 Å². The molecule has 420 valence electrons. The molecule has 0 amide bonds. The molecule has 0 saturated carbocycles. The average Bonchev–Trinajstić information content (AvgIpc) is 3.38. The maximum absolute atomic E-state index is 12.3. The highest BCUT2D eigenvalue weighted by molar-refractivity contribution is 5.70. The van der Waals surface area contributed by atoms with Crippen molar-refractivity contribution in [3.05, 3.63) is 60.8 Å². The van der Waals surface area contributed by atoms with Crippen LogP contribution in [0.2, 0.25) is 0 Å². The fraction of sp³-hybridized carbons (Fsp3) is 0.821. The zero-order valence-corrected chi connectivity index (χ0v) is 48.2. The third-order valence-electron chi connectivity index (χ3n) is 14.3.